The fourth-order valence-corrected chi connectivity index (χ4v) is 2.20. The minimum absolute atomic E-state index is 0.204. The van der Waals surface area contributed by atoms with E-state index < -0.39 is 6.43 Å². The molecule has 0 spiro atoms. The van der Waals surface area contributed by atoms with Crippen molar-refractivity contribution in [1.82, 2.24) is 10.2 Å². The van der Waals surface area contributed by atoms with Crippen LogP contribution in [0.25, 0.3) is 0 Å². The first-order valence-electron chi connectivity index (χ1n) is 5.93. The van der Waals surface area contributed by atoms with E-state index in [-0.39, 0.29) is 16.9 Å². The molecule has 102 valence electrons. The Morgan fingerprint density at radius 2 is 1.95 bits per heavy atom. The normalized spacial score (nSPS) is 12.8. The van der Waals surface area contributed by atoms with Crippen LogP contribution in [0.15, 0.2) is 40.0 Å². The molecule has 0 amide bonds. The topological polar surface area (TPSA) is 38.9 Å². The van der Waals surface area contributed by atoms with Gasteiger partial charge in [-0.05, 0) is 11.5 Å². The molecule has 0 saturated heterocycles. The predicted molar refractivity (Wildman–Crippen MR) is 69.6 cm³/mol. The average Bonchev–Trinajstić information content (AvgIpc) is 2.85. The van der Waals surface area contributed by atoms with Crippen LogP contribution in [0.5, 0.6) is 0 Å². The molecule has 3 nitrogen and oxygen atoms in total. The molecule has 0 radical (unpaired) electrons. The highest BCUT2D eigenvalue weighted by atomic mass is 32.2. The van der Waals surface area contributed by atoms with E-state index in [2.05, 4.69) is 17.1 Å². The molecule has 2 aromatic rings. The molecule has 1 aromatic heterocycles. The van der Waals surface area contributed by atoms with Gasteiger partial charge in [0.1, 0.15) is 0 Å². The van der Waals surface area contributed by atoms with E-state index in [4.69, 9.17) is 4.42 Å². The Balaban J connectivity index is 1.93. The molecule has 1 aromatic carbocycles. The molecule has 0 aliphatic rings. The lowest BCUT2D eigenvalue weighted by atomic mass is 9.98. The maximum atomic E-state index is 12.0. The smallest absolute Gasteiger partial charge is 0.276 e. The maximum Gasteiger partial charge on any atom is 0.276 e. The molecule has 0 aliphatic carbocycles. The summed E-state index contributed by atoms with van der Waals surface area (Å²) in [7, 11) is 0. The maximum absolute atomic E-state index is 12.0. The molecule has 0 aliphatic heterocycles. The Morgan fingerprint density at radius 3 is 2.63 bits per heavy atom. The van der Waals surface area contributed by atoms with Crippen molar-refractivity contribution in [2.75, 3.05) is 5.75 Å². The number of aromatic nitrogens is 2. The molecule has 2 rings (SSSR count). The Hall–Kier alpha value is -1.43. The summed E-state index contributed by atoms with van der Waals surface area (Å²) in [5, 5.41) is 7.83. The van der Waals surface area contributed by atoms with E-state index >= 15 is 0 Å². The fourth-order valence-electron chi connectivity index (χ4n) is 1.67. The van der Waals surface area contributed by atoms with Crippen LogP contribution in [0, 0.1) is 0 Å². The van der Waals surface area contributed by atoms with E-state index in [9.17, 15) is 8.78 Å². The van der Waals surface area contributed by atoms with Crippen molar-refractivity contribution in [3.8, 4) is 0 Å². The number of rotatable bonds is 6. The van der Waals surface area contributed by atoms with Crippen LogP contribution in [0.3, 0.4) is 0 Å². The lowest BCUT2D eigenvalue weighted by Gasteiger charge is -2.08. The molecule has 1 atom stereocenters. The van der Waals surface area contributed by atoms with Gasteiger partial charge in [-0.1, -0.05) is 49.0 Å². The van der Waals surface area contributed by atoms with Gasteiger partial charge in [-0.15, -0.1) is 10.2 Å². The zero-order valence-corrected chi connectivity index (χ0v) is 11.2. The summed E-state index contributed by atoms with van der Waals surface area (Å²) in [5.74, 6) is 0.401. The van der Waals surface area contributed by atoms with Crippen LogP contribution in [0.2, 0.25) is 0 Å². The zero-order chi connectivity index (χ0) is 13.7. The summed E-state index contributed by atoms with van der Waals surface area (Å²) >= 11 is 0.882. The van der Waals surface area contributed by atoms with Gasteiger partial charge in [-0.25, -0.2) is 8.78 Å². The molecule has 0 N–H and O–H groups in total. The van der Waals surface area contributed by atoms with E-state index in [1.54, 1.807) is 0 Å². The third-order valence-corrected chi connectivity index (χ3v) is 3.46. The van der Waals surface area contributed by atoms with Gasteiger partial charge in [0.2, 0.25) is 12.3 Å². The number of nitrogens with zero attached hydrogens (tertiary/aromatic N) is 2. The van der Waals surface area contributed by atoms with Gasteiger partial charge in [-0.3, -0.25) is 0 Å². The molecule has 0 saturated carbocycles. The van der Waals surface area contributed by atoms with Gasteiger partial charge < -0.3 is 4.42 Å². The first-order chi connectivity index (χ1) is 9.15. The lowest BCUT2D eigenvalue weighted by molar-refractivity contribution is 0.176. The fraction of sp³-hybridized carbons (Fsp3) is 0.385. The third-order valence-electron chi connectivity index (χ3n) is 2.63. The molecule has 1 unspecified atom stereocenters. The van der Waals surface area contributed by atoms with Crippen LogP contribution >= 0.6 is 11.8 Å². The first kappa shape index (κ1) is 14.0. The van der Waals surface area contributed by atoms with Gasteiger partial charge in [0.15, 0.2) is 0 Å². The Morgan fingerprint density at radius 1 is 1.21 bits per heavy atom. The number of halogens is 2. The molecular weight excluding hydrogens is 270 g/mol. The number of thioether (sulfide) groups is 1. The minimum Gasteiger partial charge on any atom is -0.416 e. The molecule has 1 heterocycles. The number of hydrogen-bond donors (Lipinski definition) is 0. The van der Waals surface area contributed by atoms with E-state index in [0.29, 0.717) is 12.3 Å². The van der Waals surface area contributed by atoms with Crippen LogP contribution in [-0.2, 0) is 6.42 Å². The van der Waals surface area contributed by atoms with Crippen LogP contribution < -0.4 is 0 Å². The lowest BCUT2D eigenvalue weighted by Crippen LogP contribution is -1.98. The van der Waals surface area contributed by atoms with Crippen molar-refractivity contribution in [1.29, 1.82) is 0 Å². The van der Waals surface area contributed by atoms with Crippen LogP contribution in [0.1, 0.15) is 24.3 Å². The average molecular weight is 284 g/mol. The first-order valence-corrected chi connectivity index (χ1v) is 6.92. The largest absolute Gasteiger partial charge is 0.416 e. The van der Waals surface area contributed by atoms with Crippen LogP contribution in [0.4, 0.5) is 8.78 Å². The van der Waals surface area contributed by atoms with Gasteiger partial charge in [0, 0.05) is 6.42 Å². The molecule has 0 bridgehead atoms. The highest BCUT2D eigenvalue weighted by molar-refractivity contribution is 7.99. The number of benzene rings is 1. The third kappa shape index (κ3) is 4.31. The standard InChI is InChI=1S/C13H14F2N2OS/c1-9(10-5-3-2-4-6-10)7-12-16-17-13(18-12)19-8-11(14)15/h2-6,9,11H,7-8H2,1H3. The van der Waals surface area contributed by atoms with Gasteiger partial charge in [-0.2, -0.15) is 0 Å². The summed E-state index contributed by atoms with van der Waals surface area (Å²) in [6.45, 7) is 2.06. The van der Waals surface area contributed by atoms with E-state index in [1.165, 1.54) is 5.56 Å². The summed E-state index contributed by atoms with van der Waals surface area (Å²) in [5.41, 5.74) is 1.18. The highest BCUT2D eigenvalue weighted by Gasteiger charge is 2.13. The summed E-state index contributed by atoms with van der Waals surface area (Å²) in [6, 6.07) is 9.98. The van der Waals surface area contributed by atoms with Crippen LogP contribution in [-0.4, -0.2) is 22.4 Å². The Kier molecular flexibility index (Phi) is 4.90. The Bertz CT molecular complexity index is 504. The molecule has 6 heteroatoms. The minimum atomic E-state index is -2.37. The summed E-state index contributed by atoms with van der Waals surface area (Å²) in [4.78, 5) is 0. The predicted octanol–water partition coefficient (Wildman–Crippen LogP) is 3.77. The van der Waals surface area contributed by atoms with E-state index in [1.807, 2.05) is 30.3 Å². The van der Waals surface area contributed by atoms with Crippen molar-refractivity contribution in [3.63, 3.8) is 0 Å². The second-order valence-electron chi connectivity index (χ2n) is 4.18. The highest BCUT2D eigenvalue weighted by Crippen LogP contribution is 2.23. The summed E-state index contributed by atoms with van der Waals surface area (Å²) in [6.07, 6.45) is -1.77. The monoisotopic (exact) mass is 284 g/mol. The number of hydrogen-bond acceptors (Lipinski definition) is 4. The summed E-state index contributed by atoms with van der Waals surface area (Å²) < 4.78 is 29.4. The zero-order valence-electron chi connectivity index (χ0n) is 10.4. The second kappa shape index (κ2) is 6.65. The number of alkyl halides is 2. The van der Waals surface area contributed by atoms with Crippen molar-refractivity contribution in [3.05, 3.63) is 41.8 Å². The van der Waals surface area contributed by atoms with E-state index in [0.717, 1.165) is 11.8 Å². The Labute approximate surface area is 114 Å². The van der Waals surface area contributed by atoms with Crippen molar-refractivity contribution in [2.24, 2.45) is 0 Å². The molecule has 19 heavy (non-hydrogen) atoms. The van der Waals surface area contributed by atoms with Crippen molar-refractivity contribution < 1.29 is 13.2 Å². The second-order valence-corrected chi connectivity index (χ2v) is 5.15. The van der Waals surface area contributed by atoms with Crippen molar-refractivity contribution >= 4 is 11.8 Å². The van der Waals surface area contributed by atoms with Gasteiger partial charge in [0.05, 0.1) is 5.75 Å². The quantitative estimate of drug-likeness (QED) is 0.757. The van der Waals surface area contributed by atoms with Gasteiger partial charge >= 0.3 is 0 Å². The SMILES string of the molecule is CC(Cc1nnc(SCC(F)F)o1)c1ccccc1. The van der Waals surface area contributed by atoms with Crippen molar-refractivity contribution in [2.45, 2.75) is 30.9 Å². The molecule has 0 fully saturated rings. The molecular formula is C13H14F2N2OS. The van der Waals surface area contributed by atoms with Gasteiger partial charge in [0.25, 0.3) is 5.22 Å².